The first-order valence-electron chi connectivity index (χ1n) is 8.24. The molecule has 0 unspecified atom stereocenters. The normalized spacial score (nSPS) is 15.9. The van der Waals surface area contributed by atoms with Gasteiger partial charge in [0.1, 0.15) is 0 Å². The Morgan fingerprint density at radius 2 is 1.79 bits per heavy atom. The third-order valence-corrected chi connectivity index (χ3v) is 5.40. The average molecular weight is 420 g/mol. The van der Waals surface area contributed by atoms with Crippen molar-refractivity contribution < 1.29 is 17.8 Å². The van der Waals surface area contributed by atoms with E-state index in [1.165, 1.54) is 6.07 Å². The van der Waals surface area contributed by atoms with Gasteiger partial charge in [0.2, 0.25) is 0 Å². The zero-order chi connectivity index (χ0) is 20.6. The van der Waals surface area contributed by atoms with Gasteiger partial charge in [0, 0.05) is 19.8 Å². The number of amides is 1. The van der Waals surface area contributed by atoms with Gasteiger partial charge in [0.25, 0.3) is 16.0 Å². The summed E-state index contributed by atoms with van der Waals surface area (Å²) in [6.45, 7) is 1.68. The molecular weight excluding hydrogens is 402 g/mol. The van der Waals surface area contributed by atoms with E-state index in [9.17, 15) is 17.8 Å². The summed E-state index contributed by atoms with van der Waals surface area (Å²) in [5.74, 6) is -0.441. The van der Waals surface area contributed by atoms with Crippen LogP contribution in [-0.4, -0.2) is 38.7 Å². The van der Waals surface area contributed by atoms with E-state index in [1.54, 1.807) is 13.0 Å². The first-order chi connectivity index (χ1) is 13.1. The minimum atomic E-state index is -4.44. The molecular formula is C19H18ClN3O4S. The quantitative estimate of drug-likeness (QED) is 0.605. The van der Waals surface area contributed by atoms with E-state index < -0.39 is 16.0 Å². The third kappa shape index (κ3) is 3.94. The molecule has 0 saturated carbocycles. The van der Waals surface area contributed by atoms with Gasteiger partial charge < -0.3 is 4.90 Å². The number of nitrogens with zero attached hydrogens (tertiary/aromatic N) is 3. The molecule has 1 aliphatic heterocycles. The van der Waals surface area contributed by atoms with Crippen LogP contribution in [0.1, 0.15) is 12.5 Å². The first-order valence-corrected chi connectivity index (χ1v) is 10.1. The van der Waals surface area contributed by atoms with E-state index in [0.29, 0.717) is 11.3 Å². The second kappa shape index (κ2) is 7.38. The fourth-order valence-corrected chi connectivity index (χ4v) is 3.40. The predicted molar refractivity (Wildman–Crippen MR) is 111 cm³/mol. The van der Waals surface area contributed by atoms with Gasteiger partial charge in [0.05, 0.1) is 26.9 Å². The number of hydrogen-bond donors (Lipinski definition) is 1. The highest BCUT2D eigenvalue weighted by Crippen LogP contribution is 2.33. The van der Waals surface area contributed by atoms with Crippen molar-refractivity contribution in [1.82, 2.24) is 0 Å². The molecule has 0 aliphatic carbocycles. The van der Waals surface area contributed by atoms with Crippen molar-refractivity contribution in [2.45, 2.75) is 11.8 Å². The Balaban J connectivity index is 1.97. The van der Waals surface area contributed by atoms with Crippen LogP contribution >= 0.6 is 11.6 Å². The molecule has 1 heterocycles. The molecule has 1 amide bonds. The van der Waals surface area contributed by atoms with E-state index in [4.69, 9.17) is 11.6 Å². The Hall–Kier alpha value is -2.68. The molecule has 9 heteroatoms. The lowest BCUT2D eigenvalue weighted by atomic mass is 10.1. The van der Waals surface area contributed by atoms with Crippen molar-refractivity contribution in [3.8, 4) is 0 Å². The minimum absolute atomic E-state index is 0.0764. The average Bonchev–Trinajstić information content (AvgIpc) is 2.89. The van der Waals surface area contributed by atoms with E-state index in [0.717, 1.165) is 28.4 Å². The minimum Gasteiger partial charge on any atom is -0.378 e. The lowest BCUT2D eigenvalue weighted by Gasteiger charge is -2.14. The summed E-state index contributed by atoms with van der Waals surface area (Å²) in [6, 6.07) is 11.2. The fraction of sp³-hybridized carbons (Fsp3) is 0.158. The summed E-state index contributed by atoms with van der Waals surface area (Å²) in [5, 5.41) is 5.38. The number of carbonyl (C=O) groups excluding carboxylic acids is 1. The van der Waals surface area contributed by atoms with Crippen LogP contribution in [0.3, 0.4) is 0 Å². The van der Waals surface area contributed by atoms with Gasteiger partial charge in [-0.3, -0.25) is 9.35 Å². The number of rotatable bonds is 4. The molecule has 0 spiro atoms. The molecule has 7 nitrogen and oxygen atoms in total. The highest BCUT2D eigenvalue weighted by Gasteiger charge is 2.30. The maximum atomic E-state index is 12.9. The van der Waals surface area contributed by atoms with Crippen LogP contribution in [-0.2, 0) is 14.9 Å². The molecule has 0 bridgehead atoms. The van der Waals surface area contributed by atoms with Crippen LogP contribution in [0, 0.1) is 0 Å². The number of carbonyl (C=O) groups is 1. The summed E-state index contributed by atoms with van der Waals surface area (Å²) in [5.41, 5.74) is 2.76. The van der Waals surface area contributed by atoms with Crippen LogP contribution in [0.15, 0.2) is 58.0 Å². The number of anilines is 2. The first kappa shape index (κ1) is 20.1. The Kier molecular flexibility index (Phi) is 5.29. The molecule has 1 N–H and O–H groups in total. The van der Waals surface area contributed by atoms with Crippen LogP contribution in [0.25, 0.3) is 6.08 Å². The molecule has 3 rings (SSSR count). The lowest BCUT2D eigenvalue weighted by Crippen LogP contribution is -2.22. The Bertz CT molecular complexity index is 1110. The van der Waals surface area contributed by atoms with Gasteiger partial charge in [-0.1, -0.05) is 23.7 Å². The maximum Gasteiger partial charge on any atom is 0.294 e. The Labute approximate surface area is 168 Å². The summed E-state index contributed by atoms with van der Waals surface area (Å²) < 4.78 is 32.0. The van der Waals surface area contributed by atoms with E-state index in [-0.39, 0.29) is 15.6 Å². The molecule has 0 aromatic heterocycles. The van der Waals surface area contributed by atoms with Crippen molar-refractivity contribution in [3.05, 3.63) is 58.6 Å². The predicted octanol–water partition coefficient (Wildman–Crippen LogP) is 3.46. The maximum absolute atomic E-state index is 12.9. The van der Waals surface area contributed by atoms with Gasteiger partial charge >= 0.3 is 0 Å². The second-order valence-corrected chi connectivity index (χ2v) is 8.26. The summed E-state index contributed by atoms with van der Waals surface area (Å²) in [7, 11) is -0.564. The van der Waals surface area contributed by atoms with Gasteiger partial charge in [-0.15, -0.1) is 0 Å². The van der Waals surface area contributed by atoms with Gasteiger partial charge in [-0.2, -0.15) is 18.5 Å². The van der Waals surface area contributed by atoms with Crippen LogP contribution < -0.4 is 9.91 Å². The highest BCUT2D eigenvalue weighted by molar-refractivity contribution is 7.85. The van der Waals surface area contributed by atoms with Crippen molar-refractivity contribution >= 4 is 50.8 Å². The molecule has 2 aromatic carbocycles. The second-order valence-electron chi connectivity index (χ2n) is 6.43. The topological polar surface area (TPSA) is 90.3 Å². The van der Waals surface area contributed by atoms with Crippen LogP contribution in [0.4, 0.5) is 11.4 Å². The molecule has 0 fully saturated rings. The Morgan fingerprint density at radius 1 is 1.14 bits per heavy atom. The van der Waals surface area contributed by atoms with E-state index >= 15 is 0 Å². The third-order valence-electron chi connectivity index (χ3n) is 4.23. The molecule has 28 heavy (non-hydrogen) atoms. The van der Waals surface area contributed by atoms with Crippen molar-refractivity contribution in [3.63, 3.8) is 0 Å². The molecule has 0 radical (unpaired) electrons. The van der Waals surface area contributed by atoms with Gasteiger partial charge in [-0.05, 0) is 48.9 Å². The molecule has 0 saturated heterocycles. The van der Waals surface area contributed by atoms with E-state index in [2.05, 4.69) is 5.10 Å². The SMILES string of the molecule is CC1=NN(c2cc(S(=O)(=O)O)ccc2Cl)C(=O)/C1=C/c1ccc(N(C)C)cc1. The number of benzene rings is 2. The number of halogens is 1. The molecule has 1 aliphatic rings. The Morgan fingerprint density at radius 3 is 2.36 bits per heavy atom. The summed E-state index contributed by atoms with van der Waals surface area (Å²) >= 11 is 6.13. The van der Waals surface area contributed by atoms with Gasteiger partial charge in [0.15, 0.2) is 0 Å². The summed E-state index contributed by atoms with van der Waals surface area (Å²) in [4.78, 5) is 14.5. The summed E-state index contributed by atoms with van der Waals surface area (Å²) in [6.07, 6.45) is 1.71. The number of hydrazone groups is 1. The number of hydrogen-bond acceptors (Lipinski definition) is 5. The lowest BCUT2D eigenvalue weighted by molar-refractivity contribution is -0.114. The monoisotopic (exact) mass is 419 g/mol. The van der Waals surface area contributed by atoms with Crippen LogP contribution in [0.2, 0.25) is 5.02 Å². The zero-order valence-electron chi connectivity index (χ0n) is 15.4. The van der Waals surface area contributed by atoms with Gasteiger partial charge in [-0.25, -0.2) is 0 Å². The standard InChI is InChI=1S/C19H18ClN3O4S/c1-12-16(10-13-4-6-14(7-5-13)22(2)3)19(24)23(21-12)18-11-15(28(25,26)27)8-9-17(18)20/h4-11H,1-3H3,(H,25,26,27)/b16-10+. The molecule has 2 aromatic rings. The van der Waals surface area contributed by atoms with Crippen molar-refractivity contribution in [1.29, 1.82) is 0 Å². The largest absolute Gasteiger partial charge is 0.378 e. The van der Waals surface area contributed by atoms with E-state index in [1.807, 2.05) is 43.3 Å². The molecule has 0 atom stereocenters. The highest BCUT2D eigenvalue weighted by atomic mass is 35.5. The molecule has 146 valence electrons. The zero-order valence-corrected chi connectivity index (χ0v) is 17.0. The van der Waals surface area contributed by atoms with Crippen molar-refractivity contribution in [2.75, 3.05) is 24.0 Å². The van der Waals surface area contributed by atoms with Crippen LogP contribution in [0.5, 0.6) is 0 Å². The smallest absolute Gasteiger partial charge is 0.294 e. The fourth-order valence-electron chi connectivity index (χ4n) is 2.70. The van der Waals surface area contributed by atoms with Crippen molar-refractivity contribution in [2.24, 2.45) is 5.10 Å².